The lowest BCUT2D eigenvalue weighted by molar-refractivity contribution is -0.0772. The maximum atomic E-state index is 14.4. The summed E-state index contributed by atoms with van der Waals surface area (Å²) >= 11 is 0. The first-order valence-corrected chi connectivity index (χ1v) is 18.5. The first-order valence-electron chi connectivity index (χ1n) is 15.5. The van der Waals surface area contributed by atoms with Gasteiger partial charge >= 0.3 is 21.8 Å². The Morgan fingerprint density at radius 2 is 1.66 bits per heavy atom. The molecule has 288 valence electrons. The van der Waals surface area contributed by atoms with Crippen LogP contribution in [0, 0.1) is 0 Å². The van der Waals surface area contributed by atoms with Crippen molar-refractivity contribution in [1.82, 2.24) is 39.0 Å². The highest BCUT2D eigenvalue weighted by Crippen LogP contribution is 2.56. The molecule has 28 heteroatoms. The third-order valence-corrected chi connectivity index (χ3v) is 10.4. The van der Waals surface area contributed by atoms with Gasteiger partial charge < -0.3 is 45.5 Å². The van der Waals surface area contributed by atoms with Crippen molar-refractivity contribution in [3.63, 3.8) is 0 Å². The van der Waals surface area contributed by atoms with Gasteiger partial charge in [0, 0.05) is 0 Å². The fourth-order valence-electron chi connectivity index (χ4n) is 5.72. The summed E-state index contributed by atoms with van der Waals surface area (Å²) in [7, 11) is -10.2. The Labute approximate surface area is 295 Å². The molecular formula is C25H32N10O16P2. The molecule has 0 aliphatic carbocycles. The van der Waals surface area contributed by atoms with Crippen LogP contribution in [0.4, 0.5) is 16.6 Å². The molecule has 2 bridgehead atoms. The zero-order valence-electron chi connectivity index (χ0n) is 27.4. The van der Waals surface area contributed by atoms with Crippen molar-refractivity contribution in [2.75, 3.05) is 31.5 Å². The molecule has 0 amide bonds. The van der Waals surface area contributed by atoms with Gasteiger partial charge in [0.1, 0.15) is 48.5 Å². The number of H-pyrrole nitrogens is 1. The molecule has 53 heavy (non-hydrogen) atoms. The second kappa shape index (κ2) is 14.2. The molecule has 7 rings (SSSR count). The van der Waals surface area contributed by atoms with Gasteiger partial charge in [-0.3, -0.25) is 37.0 Å². The highest BCUT2D eigenvalue weighted by atomic mass is 31.2. The topological polar surface area (TPSA) is 354 Å². The van der Waals surface area contributed by atoms with E-state index in [9.17, 15) is 33.8 Å². The van der Waals surface area contributed by atoms with Crippen LogP contribution in [0.2, 0.25) is 0 Å². The van der Waals surface area contributed by atoms with E-state index in [1.165, 1.54) is 10.9 Å². The van der Waals surface area contributed by atoms with Gasteiger partial charge in [0.25, 0.3) is 5.56 Å². The van der Waals surface area contributed by atoms with Crippen LogP contribution in [0.5, 0.6) is 0 Å². The Hall–Kier alpha value is -4.17. The highest BCUT2D eigenvalue weighted by Gasteiger charge is 2.54. The maximum Gasteiger partial charge on any atom is 0.510 e. The number of aromatic nitrogens is 8. The van der Waals surface area contributed by atoms with Crippen LogP contribution in [0.15, 0.2) is 23.8 Å². The van der Waals surface area contributed by atoms with Crippen molar-refractivity contribution in [2.24, 2.45) is 0 Å². The van der Waals surface area contributed by atoms with Crippen molar-refractivity contribution < 1.29 is 70.6 Å². The van der Waals surface area contributed by atoms with Gasteiger partial charge in [-0.25, -0.2) is 38.4 Å². The van der Waals surface area contributed by atoms with E-state index in [-0.39, 0.29) is 34.1 Å². The number of rotatable bonds is 6. The van der Waals surface area contributed by atoms with E-state index < -0.39 is 103 Å². The lowest BCUT2D eigenvalue weighted by atomic mass is 10.1. The van der Waals surface area contributed by atoms with E-state index in [1.54, 1.807) is 13.8 Å². The summed E-state index contributed by atoms with van der Waals surface area (Å²) < 4.78 is 78.9. The monoisotopic (exact) mass is 790 g/mol. The van der Waals surface area contributed by atoms with Crippen molar-refractivity contribution in [1.29, 1.82) is 0 Å². The standard InChI is InChI=1S/C25H32N10O16P2/c1-9(2)47-25(39)43-8-46-53(42)45-4-11-16(15(37)22(49-11)34-6-30-12-18(26)28-5-29-19(12)34)50-52(40,41)44-3-10-14(36)17(51-53)23(48-10)35-7-31-13-20(35)32-24(27)33-21(13)38/h5-7,9-11,14-17,22-23,36-37H,3-4,8H2,1-2H3,(H,40,41)(H2,26,28,29)(H3,27,32,33,38)/t10-,11-,14?,15+,16?,17+,22-,23-,53?/m1/s1. The number of nitrogen functional groups attached to an aromatic ring is 2. The molecule has 3 saturated heterocycles. The highest BCUT2D eigenvalue weighted by molar-refractivity contribution is 7.48. The number of nitrogens with zero attached hydrogens (tertiary/aromatic N) is 7. The molecule has 8 N–H and O–H groups in total. The van der Waals surface area contributed by atoms with Gasteiger partial charge in [-0.2, -0.15) is 4.98 Å². The molecule has 3 aliphatic heterocycles. The number of phosphoric ester groups is 2. The molecule has 4 unspecified atom stereocenters. The summed E-state index contributed by atoms with van der Waals surface area (Å²) in [4.78, 5) is 57.8. The number of aromatic amines is 1. The number of fused-ring (bicyclic) bond motifs is 5. The summed E-state index contributed by atoms with van der Waals surface area (Å²) in [5, 5.41) is 22.7. The number of nitrogens with one attached hydrogen (secondary N) is 1. The van der Waals surface area contributed by atoms with Crippen LogP contribution in [0.25, 0.3) is 22.3 Å². The predicted molar refractivity (Wildman–Crippen MR) is 170 cm³/mol. The lowest BCUT2D eigenvalue weighted by Gasteiger charge is -2.27. The summed E-state index contributed by atoms with van der Waals surface area (Å²) in [5.41, 5.74) is 10.8. The number of nitrogens with two attached hydrogens (primary N) is 2. The summed E-state index contributed by atoms with van der Waals surface area (Å²) in [5.74, 6) is -0.298. The minimum absolute atomic E-state index is 0.0125. The molecule has 3 fully saturated rings. The van der Waals surface area contributed by atoms with Gasteiger partial charge in [-0.15, -0.1) is 0 Å². The normalized spacial score (nSPS) is 33.7. The molecule has 26 nitrogen and oxygen atoms in total. The van der Waals surface area contributed by atoms with Crippen molar-refractivity contribution in [3.8, 4) is 0 Å². The fourth-order valence-corrected chi connectivity index (χ4v) is 7.92. The number of aliphatic hydroxyl groups excluding tert-OH is 2. The second-order valence-corrected chi connectivity index (χ2v) is 15.0. The number of carbonyl (C=O) groups is 1. The van der Waals surface area contributed by atoms with E-state index in [4.69, 9.17) is 53.0 Å². The average Bonchev–Trinajstić information content (AvgIpc) is 3.84. The average molecular weight is 791 g/mol. The van der Waals surface area contributed by atoms with Gasteiger partial charge in [0.05, 0.1) is 32.0 Å². The Morgan fingerprint density at radius 3 is 2.42 bits per heavy atom. The number of hydrogen-bond acceptors (Lipinski definition) is 22. The number of aliphatic hydroxyl groups is 2. The zero-order valence-corrected chi connectivity index (χ0v) is 29.2. The van der Waals surface area contributed by atoms with Crippen molar-refractivity contribution in [3.05, 3.63) is 29.3 Å². The molecule has 4 aromatic rings. The molecule has 0 saturated carbocycles. The Morgan fingerprint density at radius 1 is 0.962 bits per heavy atom. The van der Waals surface area contributed by atoms with Gasteiger partial charge in [0.2, 0.25) is 12.7 Å². The summed E-state index contributed by atoms with van der Waals surface area (Å²) in [6, 6.07) is 0. The van der Waals surface area contributed by atoms with Crippen molar-refractivity contribution in [2.45, 2.75) is 69.0 Å². The predicted octanol–water partition coefficient (Wildman–Crippen LogP) is -0.798. The smallest absolute Gasteiger partial charge is 0.432 e. The van der Waals surface area contributed by atoms with Crippen LogP contribution < -0.4 is 17.0 Å². The number of carbonyl (C=O) groups excluding carboxylic acids is 1. The quantitative estimate of drug-likeness (QED) is 0.0791. The molecule has 7 heterocycles. The molecule has 10 atom stereocenters. The SMILES string of the molecule is CC(C)OC(=O)OCOP1(=O)OC[C@H]2O[C@@H](n3cnc4c(N)ncnc43)[C@@H](O)C2OP(=O)(O)OC[C@H]2O[C@@H](n3cnc4c(=O)[nH]c(N)nc43)[C@@H](O1)C2O. The minimum Gasteiger partial charge on any atom is -0.432 e. The summed E-state index contributed by atoms with van der Waals surface area (Å²) in [6.45, 7) is 0.297. The first-order chi connectivity index (χ1) is 25.1. The molecule has 0 aromatic carbocycles. The number of phosphoric acid groups is 2. The fraction of sp³-hybridized carbons (Fsp3) is 0.560. The van der Waals surface area contributed by atoms with Crippen LogP contribution in [-0.2, 0) is 50.7 Å². The van der Waals surface area contributed by atoms with Gasteiger partial charge in [-0.05, 0) is 13.8 Å². The first kappa shape index (κ1) is 37.2. The Balaban J connectivity index is 1.23. The molecule has 0 radical (unpaired) electrons. The number of imidazole rings is 2. The largest absolute Gasteiger partial charge is 0.510 e. The lowest BCUT2D eigenvalue weighted by Crippen LogP contribution is -2.36. The minimum atomic E-state index is -5.15. The van der Waals surface area contributed by atoms with E-state index in [0.717, 1.165) is 17.2 Å². The van der Waals surface area contributed by atoms with Gasteiger partial charge in [0.15, 0.2) is 35.1 Å². The van der Waals surface area contributed by atoms with Crippen LogP contribution in [-0.4, -0.2) is 123 Å². The second-order valence-electron chi connectivity index (χ2n) is 11.9. The molecule has 3 aliphatic rings. The molecule has 0 spiro atoms. The Bertz CT molecular complexity index is 2160. The van der Waals surface area contributed by atoms with Gasteiger partial charge in [-0.1, -0.05) is 0 Å². The molecule has 4 aromatic heterocycles. The van der Waals surface area contributed by atoms with E-state index in [2.05, 4.69) is 29.9 Å². The maximum absolute atomic E-state index is 14.4. The molecular weight excluding hydrogens is 758 g/mol. The van der Waals surface area contributed by atoms with Crippen molar-refractivity contribution >= 4 is 55.9 Å². The van der Waals surface area contributed by atoms with E-state index >= 15 is 0 Å². The third kappa shape index (κ3) is 7.36. The van der Waals surface area contributed by atoms with Crippen LogP contribution in [0.3, 0.4) is 0 Å². The van der Waals surface area contributed by atoms with Crippen LogP contribution >= 0.6 is 15.6 Å². The third-order valence-electron chi connectivity index (χ3n) is 8.03. The van der Waals surface area contributed by atoms with E-state index in [1.807, 2.05) is 0 Å². The zero-order chi connectivity index (χ0) is 37.8. The summed E-state index contributed by atoms with van der Waals surface area (Å²) in [6.07, 6.45) is -11.5. The van der Waals surface area contributed by atoms with Crippen LogP contribution in [0.1, 0.15) is 26.3 Å². The number of ether oxygens (including phenoxy) is 4. The Kier molecular flexibility index (Phi) is 9.98. The number of hydrogen-bond donors (Lipinski definition) is 6. The number of anilines is 2. The van der Waals surface area contributed by atoms with E-state index in [0.29, 0.717) is 0 Å².